The molecule has 88 heavy (non-hydrogen) atoms. The van der Waals surface area contributed by atoms with Gasteiger partial charge in [0.1, 0.15) is 12.4 Å². The van der Waals surface area contributed by atoms with Crippen molar-refractivity contribution in [2.24, 2.45) is 11.8 Å². The van der Waals surface area contributed by atoms with E-state index in [2.05, 4.69) is 17.6 Å². The molecular formula is C63H91N5O20. The molecular weight excluding hydrogens is 1150 g/mol. The molecule has 5 rings (SSSR count). The van der Waals surface area contributed by atoms with Crippen molar-refractivity contribution in [3.05, 3.63) is 77.0 Å². The number of ketones is 2. The molecule has 0 fully saturated rings. The second kappa shape index (κ2) is 40.1. The second-order valence-electron chi connectivity index (χ2n) is 21.6. The number of unbranched alkanes of at least 4 members (excludes halogenated alkanes) is 2. The van der Waals surface area contributed by atoms with Crippen molar-refractivity contribution in [2.45, 2.75) is 111 Å². The largest absolute Gasteiger partial charge is 0.493 e. The summed E-state index contributed by atoms with van der Waals surface area (Å²) in [5.41, 5.74) is 2.42. The zero-order valence-electron chi connectivity index (χ0n) is 51.9. The lowest BCUT2D eigenvalue weighted by Gasteiger charge is -2.31. The van der Waals surface area contributed by atoms with Crippen LogP contribution < -0.4 is 25.0 Å². The molecule has 0 aromatic heterocycles. The van der Waals surface area contributed by atoms with E-state index in [1.54, 1.807) is 37.4 Å². The quantitative estimate of drug-likeness (QED) is 0.0600. The highest BCUT2D eigenvalue weighted by Gasteiger charge is 2.45. The number of rotatable bonds is 46. The van der Waals surface area contributed by atoms with Crippen LogP contribution in [0.2, 0.25) is 0 Å². The standard InChI is InChI=1S/C63H91N5O20/c1-7-8-9-20-87-56-41-52-51(40-55(56)78-6)61(75)67-42-45(4)37-53(67)62(76)68(52)63(77)88-43-48-12-10-47(11-13-48)38-54(70)46(5)65-60(74)50(44(2)3)39-49(69)17-21-79-23-25-81-27-29-83-31-33-85-35-36-86-34-32-84-30-28-82-26-24-80-22-18-64-57(71)16-19-66-58(72)14-15-59(66)73/h10-15,40-42,44,46,50,53,62,76H,7-9,16-39,43H2,1-6H3,(H,64,71)(H,65,74)/t46-,50-,53-,62-/m0/s1. The molecule has 0 bridgehead atoms. The summed E-state index contributed by atoms with van der Waals surface area (Å²) in [7, 11) is 1.47. The van der Waals surface area contributed by atoms with Crippen LogP contribution in [0.3, 0.4) is 0 Å². The SMILES string of the molecule is CCCCCOc1cc2c(cc1OC)C(=O)N1C=C(C)C[C@H]1[C@H](O)N2C(=O)OCc1ccc(CC(=O)[C@H](C)NC(=O)[C@@H](CC(=O)CCOCCOCCOCCOCCOCCOCCOCCOCCNC(=O)CCN2C(=O)C=CC2=O)C(C)C)cc1. The van der Waals surface area contributed by atoms with Crippen molar-refractivity contribution in [3.63, 3.8) is 0 Å². The molecule has 25 nitrogen and oxygen atoms in total. The van der Waals surface area contributed by atoms with Crippen molar-refractivity contribution in [1.82, 2.24) is 20.4 Å². The molecule has 0 saturated carbocycles. The topological polar surface area (TPSA) is 292 Å². The van der Waals surface area contributed by atoms with Gasteiger partial charge in [-0.25, -0.2) is 9.69 Å². The van der Waals surface area contributed by atoms with Crippen LogP contribution >= 0.6 is 0 Å². The van der Waals surface area contributed by atoms with Crippen LogP contribution in [-0.2, 0) is 84.4 Å². The molecule has 0 radical (unpaired) electrons. The van der Waals surface area contributed by atoms with Gasteiger partial charge in [-0.05, 0) is 49.8 Å². The molecule has 0 spiro atoms. The molecule has 6 amide bonds. The van der Waals surface area contributed by atoms with Gasteiger partial charge >= 0.3 is 6.09 Å². The van der Waals surface area contributed by atoms with Crippen molar-refractivity contribution in [1.29, 1.82) is 0 Å². The second-order valence-corrected chi connectivity index (χ2v) is 21.6. The molecule has 4 atom stereocenters. The molecule has 3 N–H and O–H groups in total. The third-order valence-corrected chi connectivity index (χ3v) is 14.4. The lowest BCUT2D eigenvalue weighted by Crippen LogP contribution is -2.50. The molecule has 488 valence electrons. The number of imide groups is 1. The summed E-state index contributed by atoms with van der Waals surface area (Å²) in [6.07, 6.45) is 5.00. The van der Waals surface area contributed by atoms with E-state index in [1.165, 1.54) is 36.3 Å². The molecule has 0 unspecified atom stereocenters. The van der Waals surface area contributed by atoms with Crippen molar-refractivity contribution in [3.8, 4) is 11.5 Å². The number of nitrogens with one attached hydrogen (secondary N) is 2. The van der Waals surface area contributed by atoms with Gasteiger partial charge in [-0.1, -0.05) is 63.5 Å². The molecule has 2 aromatic rings. The van der Waals surface area contributed by atoms with Gasteiger partial charge < -0.3 is 72.7 Å². The zero-order valence-corrected chi connectivity index (χ0v) is 51.9. The molecule has 0 aliphatic carbocycles. The summed E-state index contributed by atoms with van der Waals surface area (Å²) in [6.45, 7) is 15.6. The first kappa shape index (κ1) is 72.1. The fourth-order valence-corrected chi connectivity index (χ4v) is 9.40. The van der Waals surface area contributed by atoms with E-state index >= 15 is 0 Å². The summed E-state index contributed by atoms with van der Waals surface area (Å²) >= 11 is 0. The summed E-state index contributed by atoms with van der Waals surface area (Å²) in [6, 6.07) is 8.39. The van der Waals surface area contributed by atoms with E-state index in [9.17, 15) is 43.5 Å². The Kier molecular flexibility index (Phi) is 32.8. The third-order valence-electron chi connectivity index (χ3n) is 14.4. The Balaban J connectivity index is 0.847. The minimum atomic E-state index is -1.44. The average molecular weight is 1240 g/mol. The van der Waals surface area contributed by atoms with E-state index < -0.39 is 48.0 Å². The molecule has 3 heterocycles. The van der Waals surface area contributed by atoms with Crippen LogP contribution in [0.25, 0.3) is 0 Å². The predicted octanol–water partition coefficient (Wildman–Crippen LogP) is 4.66. The van der Waals surface area contributed by atoms with Gasteiger partial charge in [-0.3, -0.25) is 38.5 Å². The van der Waals surface area contributed by atoms with Crippen molar-refractivity contribution < 1.29 is 95.6 Å². The maximum absolute atomic E-state index is 14.0. The number of carbonyl (C=O) groups is 8. The normalized spacial score (nSPS) is 16.1. The highest BCUT2D eigenvalue weighted by atomic mass is 16.6. The fourth-order valence-electron chi connectivity index (χ4n) is 9.40. The van der Waals surface area contributed by atoms with E-state index in [0.717, 1.165) is 34.6 Å². The van der Waals surface area contributed by atoms with Gasteiger partial charge in [0.15, 0.2) is 23.5 Å². The van der Waals surface area contributed by atoms with Crippen LogP contribution in [0.4, 0.5) is 10.5 Å². The first-order valence-corrected chi connectivity index (χ1v) is 30.4. The summed E-state index contributed by atoms with van der Waals surface area (Å²) in [4.78, 5) is 106. The molecule has 2 aromatic carbocycles. The van der Waals surface area contributed by atoms with Gasteiger partial charge in [0.25, 0.3) is 17.7 Å². The summed E-state index contributed by atoms with van der Waals surface area (Å²) in [5.74, 6) is -2.42. The number of ether oxygens (including phenoxy) is 11. The average Bonchev–Trinajstić information content (AvgIpc) is 1.67. The lowest BCUT2D eigenvalue weighted by molar-refractivity contribution is -0.137. The minimum Gasteiger partial charge on any atom is -0.493 e. The number of fused-ring (bicyclic) bond motifs is 2. The van der Waals surface area contributed by atoms with Crippen LogP contribution in [0.15, 0.2) is 60.3 Å². The summed E-state index contributed by atoms with van der Waals surface area (Å²) in [5, 5.41) is 17.2. The van der Waals surface area contributed by atoms with Gasteiger partial charge in [-0.15, -0.1) is 0 Å². The van der Waals surface area contributed by atoms with E-state index in [-0.39, 0.29) is 92.6 Å². The first-order valence-electron chi connectivity index (χ1n) is 30.4. The smallest absolute Gasteiger partial charge is 0.416 e. The van der Waals surface area contributed by atoms with Gasteiger partial charge in [0.2, 0.25) is 11.8 Å². The summed E-state index contributed by atoms with van der Waals surface area (Å²) < 4.78 is 61.4. The number of Topliss-reactive ketones (excluding diaryl/α,β-unsaturated/α-hetero) is 2. The molecule has 3 aliphatic heterocycles. The Morgan fingerprint density at radius 1 is 0.682 bits per heavy atom. The number of anilines is 1. The van der Waals surface area contributed by atoms with Crippen LogP contribution in [0.5, 0.6) is 11.5 Å². The Bertz CT molecular complexity index is 2600. The molecule has 0 saturated heterocycles. The number of methoxy groups -OCH3 is 1. The van der Waals surface area contributed by atoms with E-state index in [4.69, 9.17) is 52.1 Å². The maximum Gasteiger partial charge on any atom is 0.416 e. The van der Waals surface area contributed by atoms with Crippen LogP contribution in [-0.4, -0.2) is 213 Å². The highest BCUT2D eigenvalue weighted by molar-refractivity contribution is 6.13. The molecule has 25 heteroatoms. The fraction of sp³-hybridized carbons (Fsp3) is 0.619. The number of amides is 6. The lowest BCUT2D eigenvalue weighted by atomic mass is 9.88. The first-order chi connectivity index (χ1) is 42.5. The molecule has 3 aliphatic rings. The predicted molar refractivity (Wildman–Crippen MR) is 320 cm³/mol. The van der Waals surface area contributed by atoms with E-state index in [0.29, 0.717) is 135 Å². The third kappa shape index (κ3) is 24.7. The minimum absolute atomic E-state index is 0.00333. The maximum atomic E-state index is 14.0. The Morgan fingerprint density at radius 2 is 1.23 bits per heavy atom. The van der Waals surface area contributed by atoms with Crippen molar-refractivity contribution in [2.75, 3.05) is 137 Å². The van der Waals surface area contributed by atoms with Gasteiger partial charge in [-0.2, -0.15) is 0 Å². The Labute approximate surface area is 515 Å². The van der Waals surface area contributed by atoms with E-state index in [1.807, 2.05) is 20.8 Å². The number of hydrogen-bond donors (Lipinski definition) is 3. The van der Waals surface area contributed by atoms with Crippen LogP contribution in [0.1, 0.15) is 101 Å². The number of aliphatic hydroxyl groups excluding tert-OH is 1. The number of carbonyl (C=O) groups excluding carboxylic acids is 8. The number of benzene rings is 2. The van der Waals surface area contributed by atoms with Crippen molar-refractivity contribution >= 4 is 52.9 Å². The Morgan fingerprint density at radius 3 is 1.77 bits per heavy atom. The Hall–Kier alpha value is -6.68. The monoisotopic (exact) mass is 1240 g/mol. The highest BCUT2D eigenvalue weighted by Crippen LogP contribution is 2.42. The number of hydrogen-bond acceptors (Lipinski definition) is 20. The van der Waals surface area contributed by atoms with Gasteiger partial charge in [0.05, 0.1) is 143 Å². The van der Waals surface area contributed by atoms with Gasteiger partial charge in [0, 0.05) is 69.1 Å². The zero-order chi connectivity index (χ0) is 63.6. The number of aliphatic hydroxyl groups is 1. The number of nitrogens with zero attached hydrogens (tertiary/aromatic N) is 3. The van der Waals surface area contributed by atoms with Crippen LogP contribution in [0, 0.1) is 11.8 Å².